The summed E-state index contributed by atoms with van der Waals surface area (Å²) in [6.45, 7) is 6.87. The molecule has 1 fully saturated rings. The number of halogens is 3. The maximum Gasteiger partial charge on any atom is 0.387 e. The van der Waals surface area contributed by atoms with Gasteiger partial charge in [0.1, 0.15) is 11.5 Å². The van der Waals surface area contributed by atoms with Gasteiger partial charge in [0.05, 0.1) is 17.7 Å². The standard InChI is InChI=1S/C26H31F2N3O3S.ClH/c1-17(2)30(18(3)4)14-15-31-24(32)23(16-19-6-10-22(11-7-19)34-25(27)28)35-26(31)29-20-8-12-21(33-5)13-9-20;/h6-13,16-18,25H,14-15H2,1-5H3;1H/b23-16-,29-26?;. The molecule has 10 heteroatoms. The molecule has 0 saturated carbocycles. The molecule has 0 unspecified atom stereocenters. The molecule has 0 aliphatic carbocycles. The van der Waals surface area contributed by atoms with Crippen molar-refractivity contribution in [3.8, 4) is 11.5 Å². The van der Waals surface area contributed by atoms with Crippen LogP contribution in [0.2, 0.25) is 0 Å². The van der Waals surface area contributed by atoms with Crippen molar-refractivity contribution in [2.75, 3.05) is 20.2 Å². The smallest absolute Gasteiger partial charge is 0.387 e. The van der Waals surface area contributed by atoms with E-state index in [1.54, 1.807) is 30.2 Å². The Kier molecular flexibility index (Phi) is 11.2. The number of amides is 1. The van der Waals surface area contributed by atoms with Crippen LogP contribution in [0.4, 0.5) is 14.5 Å². The largest absolute Gasteiger partial charge is 0.497 e. The number of hydrogen-bond acceptors (Lipinski definition) is 6. The fourth-order valence-electron chi connectivity index (χ4n) is 3.78. The van der Waals surface area contributed by atoms with Crippen molar-refractivity contribution in [2.45, 2.75) is 46.4 Å². The Morgan fingerprint density at radius 3 is 2.11 bits per heavy atom. The summed E-state index contributed by atoms with van der Waals surface area (Å²) in [4.78, 5) is 22.6. The number of alkyl halides is 2. The van der Waals surface area contributed by atoms with Crippen LogP contribution in [0.25, 0.3) is 6.08 Å². The second-order valence-electron chi connectivity index (χ2n) is 8.53. The van der Waals surface area contributed by atoms with Crippen LogP contribution in [0.5, 0.6) is 11.5 Å². The Balaban J connectivity index is 0.00000456. The van der Waals surface area contributed by atoms with Crippen molar-refractivity contribution in [3.05, 3.63) is 59.0 Å². The number of hydrogen-bond donors (Lipinski definition) is 0. The Labute approximate surface area is 221 Å². The maximum absolute atomic E-state index is 13.4. The molecule has 1 aliphatic rings. The lowest BCUT2D eigenvalue weighted by Gasteiger charge is -2.31. The molecular formula is C26H32ClF2N3O3S. The Bertz CT molecular complexity index is 1050. The molecule has 2 aromatic carbocycles. The Hall–Kier alpha value is -2.62. The van der Waals surface area contributed by atoms with Crippen LogP contribution in [0.1, 0.15) is 33.3 Å². The van der Waals surface area contributed by atoms with E-state index >= 15 is 0 Å². The van der Waals surface area contributed by atoms with Crippen LogP contribution >= 0.6 is 24.2 Å². The summed E-state index contributed by atoms with van der Waals surface area (Å²) in [5.74, 6) is 0.659. The van der Waals surface area contributed by atoms with Gasteiger partial charge in [-0.1, -0.05) is 12.1 Å². The van der Waals surface area contributed by atoms with Gasteiger partial charge < -0.3 is 9.47 Å². The van der Waals surface area contributed by atoms with Gasteiger partial charge in [-0.05, 0) is 87.5 Å². The summed E-state index contributed by atoms with van der Waals surface area (Å²) in [5.41, 5.74) is 1.42. The van der Waals surface area contributed by atoms with E-state index in [9.17, 15) is 13.6 Å². The van der Waals surface area contributed by atoms with Gasteiger partial charge in [-0.15, -0.1) is 12.4 Å². The third-order valence-electron chi connectivity index (χ3n) is 5.50. The Morgan fingerprint density at radius 1 is 1.00 bits per heavy atom. The second-order valence-corrected chi connectivity index (χ2v) is 9.54. The van der Waals surface area contributed by atoms with E-state index in [-0.39, 0.29) is 24.1 Å². The quantitative estimate of drug-likeness (QED) is 0.325. The van der Waals surface area contributed by atoms with Crippen LogP contribution in [0.3, 0.4) is 0 Å². The molecule has 0 radical (unpaired) electrons. The number of aliphatic imine (C=N–C) groups is 1. The number of nitrogens with zero attached hydrogens (tertiary/aromatic N) is 3. The van der Waals surface area contributed by atoms with E-state index in [0.29, 0.717) is 46.5 Å². The van der Waals surface area contributed by atoms with Gasteiger partial charge in [-0.2, -0.15) is 8.78 Å². The van der Waals surface area contributed by atoms with Gasteiger partial charge in [-0.25, -0.2) is 4.99 Å². The fourth-order valence-corrected chi connectivity index (χ4v) is 4.81. The fraction of sp³-hybridized carbons (Fsp3) is 0.385. The molecule has 1 saturated heterocycles. The van der Waals surface area contributed by atoms with E-state index in [1.807, 2.05) is 24.3 Å². The van der Waals surface area contributed by atoms with Crippen LogP contribution in [0, 0.1) is 0 Å². The van der Waals surface area contributed by atoms with Crippen molar-refractivity contribution in [2.24, 2.45) is 4.99 Å². The summed E-state index contributed by atoms with van der Waals surface area (Å²) >= 11 is 1.30. The average molecular weight is 540 g/mol. The molecule has 0 atom stereocenters. The SMILES string of the molecule is COc1ccc(N=C2S/C(=C\c3ccc(OC(F)F)cc3)C(=O)N2CCN(C(C)C)C(C)C)cc1.Cl. The number of carbonyl (C=O) groups is 1. The highest BCUT2D eigenvalue weighted by Crippen LogP contribution is 2.34. The summed E-state index contributed by atoms with van der Waals surface area (Å²) < 4.78 is 34.5. The molecule has 0 spiro atoms. The van der Waals surface area contributed by atoms with Crippen molar-refractivity contribution < 1.29 is 23.0 Å². The van der Waals surface area contributed by atoms with Gasteiger partial charge in [0.25, 0.3) is 5.91 Å². The van der Waals surface area contributed by atoms with Crippen LogP contribution in [-0.2, 0) is 4.79 Å². The molecular weight excluding hydrogens is 508 g/mol. The van der Waals surface area contributed by atoms with Crippen molar-refractivity contribution in [3.63, 3.8) is 0 Å². The van der Waals surface area contributed by atoms with E-state index < -0.39 is 6.61 Å². The lowest BCUT2D eigenvalue weighted by Crippen LogP contribution is -2.43. The number of benzene rings is 2. The molecule has 1 aliphatic heterocycles. The minimum absolute atomic E-state index is 0. The Morgan fingerprint density at radius 2 is 1.58 bits per heavy atom. The summed E-state index contributed by atoms with van der Waals surface area (Å²) in [6.07, 6.45) is 1.74. The zero-order valence-corrected chi connectivity index (χ0v) is 22.6. The van der Waals surface area contributed by atoms with Gasteiger partial charge in [0, 0.05) is 25.2 Å². The number of carbonyl (C=O) groups excluding carboxylic acids is 1. The number of thioether (sulfide) groups is 1. The number of ether oxygens (including phenoxy) is 2. The van der Waals surface area contributed by atoms with Crippen molar-refractivity contribution in [1.29, 1.82) is 0 Å². The number of amidine groups is 1. The first-order valence-corrected chi connectivity index (χ1v) is 12.2. The molecule has 36 heavy (non-hydrogen) atoms. The second kappa shape index (κ2) is 13.6. The monoisotopic (exact) mass is 539 g/mol. The zero-order chi connectivity index (χ0) is 25.5. The van der Waals surface area contributed by atoms with Gasteiger partial charge in [0.2, 0.25) is 0 Å². The molecule has 0 aromatic heterocycles. The lowest BCUT2D eigenvalue weighted by atomic mass is 10.2. The average Bonchev–Trinajstić information content (AvgIpc) is 3.09. The van der Waals surface area contributed by atoms with E-state index in [0.717, 1.165) is 5.75 Å². The molecule has 196 valence electrons. The third-order valence-corrected chi connectivity index (χ3v) is 6.50. The first-order chi connectivity index (χ1) is 16.7. The van der Waals surface area contributed by atoms with Gasteiger partial charge in [-0.3, -0.25) is 14.6 Å². The van der Waals surface area contributed by atoms with Crippen molar-refractivity contribution >= 4 is 47.0 Å². The van der Waals surface area contributed by atoms with Crippen LogP contribution < -0.4 is 9.47 Å². The highest BCUT2D eigenvalue weighted by atomic mass is 35.5. The minimum atomic E-state index is -2.88. The molecule has 1 heterocycles. The minimum Gasteiger partial charge on any atom is -0.497 e. The summed E-state index contributed by atoms with van der Waals surface area (Å²) in [6, 6.07) is 14.2. The zero-order valence-electron chi connectivity index (χ0n) is 21.0. The highest BCUT2D eigenvalue weighted by Gasteiger charge is 2.34. The molecule has 0 bridgehead atoms. The van der Waals surface area contributed by atoms with Crippen LogP contribution in [0.15, 0.2) is 58.4 Å². The molecule has 6 nitrogen and oxygen atoms in total. The van der Waals surface area contributed by atoms with Crippen molar-refractivity contribution in [1.82, 2.24) is 9.80 Å². The predicted octanol–water partition coefficient (Wildman–Crippen LogP) is 6.44. The topological polar surface area (TPSA) is 54.4 Å². The summed E-state index contributed by atoms with van der Waals surface area (Å²) in [5, 5.41) is 0.594. The third kappa shape index (κ3) is 7.94. The molecule has 1 amide bonds. The number of methoxy groups -OCH3 is 1. The highest BCUT2D eigenvalue weighted by molar-refractivity contribution is 8.18. The number of rotatable bonds is 10. The first kappa shape index (κ1) is 29.6. The van der Waals surface area contributed by atoms with Crippen LogP contribution in [-0.4, -0.2) is 59.8 Å². The first-order valence-electron chi connectivity index (χ1n) is 11.4. The lowest BCUT2D eigenvalue weighted by molar-refractivity contribution is -0.122. The van der Waals surface area contributed by atoms with Gasteiger partial charge >= 0.3 is 6.61 Å². The van der Waals surface area contributed by atoms with E-state index in [1.165, 1.54) is 23.9 Å². The van der Waals surface area contributed by atoms with E-state index in [2.05, 4.69) is 37.3 Å². The van der Waals surface area contributed by atoms with E-state index in [4.69, 9.17) is 9.73 Å². The maximum atomic E-state index is 13.4. The normalized spacial score (nSPS) is 16.1. The summed E-state index contributed by atoms with van der Waals surface area (Å²) in [7, 11) is 1.60. The van der Waals surface area contributed by atoms with Gasteiger partial charge in [0.15, 0.2) is 5.17 Å². The molecule has 2 aromatic rings. The molecule has 0 N–H and O–H groups in total. The molecule has 3 rings (SSSR count). The predicted molar refractivity (Wildman–Crippen MR) is 145 cm³/mol.